The molecule has 1 aliphatic heterocycles. The van der Waals surface area contributed by atoms with Crippen molar-refractivity contribution in [3.8, 4) is 84.7 Å². The van der Waals surface area contributed by atoms with Crippen LogP contribution >= 0.6 is 0 Å². The fourth-order valence-corrected chi connectivity index (χ4v) is 7.92. The molecule has 3 heterocycles. The number of para-hydroxylation sites is 2. The van der Waals surface area contributed by atoms with Gasteiger partial charge in [-0.15, -0.1) is 0 Å². The first-order valence-corrected chi connectivity index (χ1v) is 18.8. The maximum atomic E-state index is 6.59. The summed E-state index contributed by atoms with van der Waals surface area (Å²) < 4.78 is 8.94. The molecule has 1 aliphatic rings. The van der Waals surface area contributed by atoms with Gasteiger partial charge in [0.15, 0.2) is 29.0 Å². The smallest absolute Gasteiger partial charge is 0.164 e. The van der Waals surface area contributed by atoms with E-state index < -0.39 is 0 Å². The van der Waals surface area contributed by atoms with Gasteiger partial charge in [0, 0.05) is 27.5 Å². The summed E-state index contributed by atoms with van der Waals surface area (Å²) in [5.41, 5.74) is 12.9. The van der Waals surface area contributed by atoms with Crippen LogP contribution < -0.4 is 4.74 Å². The van der Waals surface area contributed by atoms with Crippen LogP contribution in [0.15, 0.2) is 194 Å². The summed E-state index contributed by atoms with van der Waals surface area (Å²) in [5, 5.41) is 2.35. The summed E-state index contributed by atoms with van der Waals surface area (Å²) in [6.07, 6.45) is 0. The summed E-state index contributed by atoms with van der Waals surface area (Å²) in [6.45, 7) is 0. The molecular formula is C51H32N4O. The van der Waals surface area contributed by atoms with Gasteiger partial charge < -0.3 is 9.30 Å². The third kappa shape index (κ3) is 5.45. The van der Waals surface area contributed by atoms with Crippen LogP contribution in [0, 0.1) is 0 Å². The summed E-state index contributed by atoms with van der Waals surface area (Å²) in [5.74, 6) is 3.64. The SMILES string of the molecule is c1ccc(-c2cc3c4c(c2)c2cc(-c5cccc(-c6cccc(-c7nc(-c8ccccc8)nc(-c8ccccc8)n7)c6)c5)ccc2n4-c2ccccc2O3)cc1. The fraction of sp³-hybridized carbons (Fsp3) is 0. The van der Waals surface area contributed by atoms with E-state index in [0.717, 1.165) is 78.3 Å². The van der Waals surface area contributed by atoms with Crippen LogP contribution in [0.5, 0.6) is 11.5 Å². The highest BCUT2D eigenvalue weighted by atomic mass is 16.5. The first kappa shape index (κ1) is 31.9. The van der Waals surface area contributed by atoms with E-state index in [1.807, 2.05) is 72.8 Å². The van der Waals surface area contributed by atoms with E-state index in [9.17, 15) is 0 Å². The second kappa shape index (κ2) is 13.0. The maximum Gasteiger partial charge on any atom is 0.164 e. The molecule has 0 saturated carbocycles. The minimum absolute atomic E-state index is 0.634. The van der Waals surface area contributed by atoms with Crippen molar-refractivity contribution in [3.05, 3.63) is 194 Å². The van der Waals surface area contributed by atoms with Gasteiger partial charge in [-0.1, -0.05) is 146 Å². The molecule has 2 aromatic heterocycles. The zero-order valence-electron chi connectivity index (χ0n) is 30.2. The Kier molecular flexibility index (Phi) is 7.42. The number of aromatic nitrogens is 4. The Bertz CT molecular complexity index is 3040. The van der Waals surface area contributed by atoms with Gasteiger partial charge in [0.25, 0.3) is 0 Å². The molecule has 0 aliphatic carbocycles. The Morgan fingerprint density at radius 2 is 0.804 bits per heavy atom. The first-order chi connectivity index (χ1) is 27.7. The Morgan fingerprint density at radius 1 is 0.321 bits per heavy atom. The van der Waals surface area contributed by atoms with Crippen LogP contribution in [0.1, 0.15) is 0 Å². The number of hydrogen-bond donors (Lipinski definition) is 0. The monoisotopic (exact) mass is 716 g/mol. The van der Waals surface area contributed by atoms with E-state index in [4.69, 9.17) is 19.7 Å². The first-order valence-electron chi connectivity index (χ1n) is 18.8. The molecule has 262 valence electrons. The average Bonchev–Trinajstić information content (AvgIpc) is 3.61. The number of benzene rings is 8. The molecule has 0 fully saturated rings. The predicted octanol–water partition coefficient (Wildman–Crippen LogP) is 13.1. The van der Waals surface area contributed by atoms with Gasteiger partial charge in [-0.3, -0.25) is 0 Å². The van der Waals surface area contributed by atoms with E-state index >= 15 is 0 Å². The molecule has 0 spiro atoms. The summed E-state index contributed by atoms with van der Waals surface area (Å²) in [7, 11) is 0. The quantitative estimate of drug-likeness (QED) is 0.172. The summed E-state index contributed by atoms with van der Waals surface area (Å²) >= 11 is 0. The number of nitrogens with zero attached hydrogens (tertiary/aromatic N) is 4. The fourth-order valence-electron chi connectivity index (χ4n) is 7.92. The molecule has 8 aromatic carbocycles. The van der Waals surface area contributed by atoms with E-state index in [1.165, 1.54) is 10.8 Å². The maximum absolute atomic E-state index is 6.59. The van der Waals surface area contributed by atoms with E-state index in [-0.39, 0.29) is 0 Å². The topological polar surface area (TPSA) is 52.8 Å². The lowest BCUT2D eigenvalue weighted by molar-refractivity contribution is 0.476. The average molecular weight is 717 g/mol. The second-order valence-corrected chi connectivity index (χ2v) is 14.1. The lowest BCUT2D eigenvalue weighted by Crippen LogP contribution is -2.03. The van der Waals surface area contributed by atoms with Gasteiger partial charge in [-0.2, -0.15) is 0 Å². The van der Waals surface area contributed by atoms with Crippen molar-refractivity contribution >= 4 is 21.8 Å². The van der Waals surface area contributed by atoms with Crippen LogP contribution in [-0.2, 0) is 0 Å². The van der Waals surface area contributed by atoms with Crippen molar-refractivity contribution in [1.29, 1.82) is 0 Å². The van der Waals surface area contributed by atoms with Crippen LogP contribution in [0.2, 0.25) is 0 Å². The van der Waals surface area contributed by atoms with Gasteiger partial charge in [-0.05, 0) is 81.9 Å². The molecular weight excluding hydrogens is 685 g/mol. The highest BCUT2D eigenvalue weighted by Gasteiger charge is 2.25. The van der Waals surface area contributed by atoms with Crippen molar-refractivity contribution in [2.24, 2.45) is 0 Å². The molecule has 0 radical (unpaired) electrons. The number of fused-ring (bicyclic) bond motifs is 5. The van der Waals surface area contributed by atoms with Gasteiger partial charge in [0.1, 0.15) is 0 Å². The molecule has 11 rings (SSSR count). The van der Waals surface area contributed by atoms with E-state index in [1.54, 1.807) is 0 Å². The third-order valence-corrected chi connectivity index (χ3v) is 10.6. The van der Waals surface area contributed by atoms with Crippen molar-refractivity contribution in [1.82, 2.24) is 19.5 Å². The lowest BCUT2D eigenvalue weighted by atomic mass is 9.96. The van der Waals surface area contributed by atoms with Gasteiger partial charge in [-0.25, -0.2) is 15.0 Å². The molecule has 0 unspecified atom stereocenters. The molecule has 5 heteroatoms. The molecule has 0 saturated heterocycles. The standard InChI is InChI=1S/C51H32N4O/c1-4-14-33(15-5-1)41-31-43-42-30-39(26-27-44(42)55-45-24-10-11-25-46(45)56-47(32-41)48(43)55)37-21-12-20-36(28-37)38-22-13-23-40(29-38)51-53-49(34-16-6-2-7-17-34)52-50(54-51)35-18-8-3-9-19-35/h1-32H. The molecule has 5 nitrogen and oxygen atoms in total. The molecule has 0 amide bonds. The Hall–Kier alpha value is -7.63. The highest BCUT2D eigenvalue weighted by Crippen LogP contribution is 2.48. The molecule has 0 atom stereocenters. The Labute approximate surface area is 323 Å². The largest absolute Gasteiger partial charge is 0.453 e. The molecule has 56 heavy (non-hydrogen) atoms. The van der Waals surface area contributed by atoms with Crippen LogP contribution in [0.25, 0.3) is 95.0 Å². The minimum atomic E-state index is 0.634. The normalized spacial score (nSPS) is 11.7. The number of ether oxygens (including phenoxy) is 1. The van der Waals surface area contributed by atoms with Gasteiger partial charge >= 0.3 is 0 Å². The Morgan fingerprint density at radius 3 is 1.45 bits per heavy atom. The van der Waals surface area contributed by atoms with Gasteiger partial charge in [0.2, 0.25) is 0 Å². The zero-order valence-corrected chi connectivity index (χ0v) is 30.2. The second-order valence-electron chi connectivity index (χ2n) is 14.1. The van der Waals surface area contributed by atoms with Crippen molar-refractivity contribution in [2.75, 3.05) is 0 Å². The van der Waals surface area contributed by atoms with Crippen LogP contribution in [-0.4, -0.2) is 19.5 Å². The van der Waals surface area contributed by atoms with Crippen LogP contribution in [0.3, 0.4) is 0 Å². The molecule has 0 bridgehead atoms. The van der Waals surface area contributed by atoms with Crippen LogP contribution in [0.4, 0.5) is 0 Å². The van der Waals surface area contributed by atoms with Crippen molar-refractivity contribution in [2.45, 2.75) is 0 Å². The predicted molar refractivity (Wildman–Crippen MR) is 227 cm³/mol. The summed E-state index contributed by atoms with van der Waals surface area (Å²) in [4.78, 5) is 14.8. The molecule has 10 aromatic rings. The highest BCUT2D eigenvalue weighted by molar-refractivity contribution is 6.14. The van der Waals surface area contributed by atoms with Crippen molar-refractivity contribution in [3.63, 3.8) is 0 Å². The van der Waals surface area contributed by atoms with Crippen molar-refractivity contribution < 1.29 is 4.74 Å². The summed E-state index contributed by atoms with van der Waals surface area (Å²) in [6, 6.07) is 67.5. The number of rotatable bonds is 6. The number of hydrogen-bond acceptors (Lipinski definition) is 4. The van der Waals surface area contributed by atoms with E-state index in [0.29, 0.717) is 17.5 Å². The zero-order chi connectivity index (χ0) is 37.0. The lowest BCUT2D eigenvalue weighted by Gasteiger charge is -2.21. The Balaban J connectivity index is 1.02. The molecule has 0 N–H and O–H groups in total. The van der Waals surface area contributed by atoms with Gasteiger partial charge in [0.05, 0.1) is 16.7 Å². The van der Waals surface area contributed by atoms with E-state index in [2.05, 4.69) is 126 Å². The third-order valence-electron chi connectivity index (χ3n) is 10.6. The minimum Gasteiger partial charge on any atom is -0.453 e.